The van der Waals surface area contributed by atoms with Gasteiger partial charge in [0.05, 0.1) is 6.04 Å². The molecule has 4 aliphatic rings. The highest BCUT2D eigenvalue weighted by molar-refractivity contribution is 5.95. The van der Waals surface area contributed by atoms with Crippen molar-refractivity contribution in [2.75, 3.05) is 24.5 Å². The van der Waals surface area contributed by atoms with E-state index in [-0.39, 0.29) is 41.8 Å². The molecule has 3 unspecified atom stereocenters. The van der Waals surface area contributed by atoms with Crippen molar-refractivity contribution in [2.24, 2.45) is 5.92 Å². The number of rotatable bonds is 5. The number of piperazine rings is 1. The predicted octanol–water partition coefficient (Wildman–Crippen LogP) is 0.823. The lowest BCUT2D eigenvalue weighted by molar-refractivity contribution is -0.129. The topological polar surface area (TPSA) is 81.8 Å². The molecule has 5 rings (SSSR count). The van der Waals surface area contributed by atoms with E-state index in [4.69, 9.17) is 0 Å². The Kier molecular flexibility index (Phi) is 4.78. The zero-order valence-corrected chi connectivity index (χ0v) is 16.6. The smallest absolute Gasteiger partial charge is 0.237 e. The van der Waals surface area contributed by atoms with E-state index < -0.39 is 0 Å². The minimum Gasteiger partial charge on any atom is -0.353 e. The number of para-hydroxylation sites is 1. The molecule has 154 valence electrons. The van der Waals surface area contributed by atoms with Gasteiger partial charge in [0.25, 0.3) is 0 Å². The van der Waals surface area contributed by atoms with Crippen LogP contribution in [0.2, 0.25) is 0 Å². The highest BCUT2D eigenvalue weighted by Crippen LogP contribution is 2.32. The highest BCUT2D eigenvalue weighted by atomic mass is 16.2. The number of hydrogen-bond acceptors (Lipinski definition) is 4. The van der Waals surface area contributed by atoms with Crippen molar-refractivity contribution in [1.82, 2.24) is 15.5 Å². The van der Waals surface area contributed by atoms with Crippen molar-refractivity contribution >= 4 is 23.4 Å². The lowest BCUT2D eigenvalue weighted by Crippen LogP contribution is -2.58. The van der Waals surface area contributed by atoms with Crippen molar-refractivity contribution in [3.05, 3.63) is 29.8 Å². The second-order valence-electron chi connectivity index (χ2n) is 8.79. The van der Waals surface area contributed by atoms with Crippen LogP contribution in [-0.2, 0) is 20.8 Å². The Bertz CT molecular complexity index is 837. The summed E-state index contributed by atoms with van der Waals surface area (Å²) in [5.74, 6) is 0.512. The Morgan fingerprint density at radius 1 is 1.21 bits per heavy atom. The van der Waals surface area contributed by atoms with Crippen molar-refractivity contribution in [2.45, 2.75) is 56.7 Å². The summed E-state index contributed by atoms with van der Waals surface area (Å²) in [4.78, 5) is 41.4. The molecule has 2 N–H and O–H groups in total. The molecule has 7 heteroatoms. The van der Waals surface area contributed by atoms with E-state index in [1.807, 2.05) is 23.1 Å². The molecule has 3 amide bonds. The van der Waals surface area contributed by atoms with Gasteiger partial charge in [0.15, 0.2) is 0 Å². The standard InChI is InChI=1S/C22H28N4O3/c27-20(25-10-9-14-3-1-2-4-18(14)25)8-7-17-12-23-22(29)19-11-16(13-26(17)19)24-21(28)15-5-6-15/h1-4,15-17,19H,5-13H2,(H,23,29)(H,24,28). The van der Waals surface area contributed by atoms with E-state index in [0.717, 1.165) is 37.9 Å². The van der Waals surface area contributed by atoms with Crippen LogP contribution in [0.25, 0.3) is 0 Å². The molecule has 1 aromatic carbocycles. The Morgan fingerprint density at radius 3 is 2.86 bits per heavy atom. The maximum Gasteiger partial charge on any atom is 0.237 e. The SMILES string of the molecule is O=C(NC1CC2C(=O)NCC(CCC(=O)N3CCc4ccccc43)N2C1)C1CC1. The van der Waals surface area contributed by atoms with Crippen molar-refractivity contribution in [3.63, 3.8) is 0 Å². The maximum absolute atomic E-state index is 12.9. The van der Waals surface area contributed by atoms with Crippen molar-refractivity contribution in [1.29, 1.82) is 0 Å². The first-order valence-corrected chi connectivity index (χ1v) is 10.8. The number of benzene rings is 1. The van der Waals surface area contributed by atoms with Crippen molar-refractivity contribution < 1.29 is 14.4 Å². The third-order valence-electron chi connectivity index (χ3n) is 6.80. The molecule has 1 aromatic rings. The molecule has 3 fully saturated rings. The van der Waals surface area contributed by atoms with Crippen LogP contribution in [-0.4, -0.2) is 60.4 Å². The van der Waals surface area contributed by atoms with E-state index in [1.54, 1.807) is 0 Å². The lowest BCUT2D eigenvalue weighted by Gasteiger charge is -2.37. The normalized spacial score (nSPS) is 28.6. The van der Waals surface area contributed by atoms with Gasteiger partial charge < -0.3 is 15.5 Å². The first kappa shape index (κ1) is 18.6. The summed E-state index contributed by atoms with van der Waals surface area (Å²) in [7, 11) is 0. The fourth-order valence-corrected chi connectivity index (χ4v) is 5.04. The molecule has 3 aliphatic heterocycles. The van der Waals surface area contributed by atoms with Gasteiger partial charge in [-0.3, -0.25) is 19.3 Å². The number of fused-ring (bicyclic) bond motifs is 2. The van der Waals surface area contributed by atoms with Gasteiger partial charge in [-0.1, -0.05) is 18.2 Å². The molecule has 3 heterocycles. The molecule has 0 bridgehead atoms. The van der Waals surface area contributed by atoms with Crippen LogP contribution in [0.4, 0.5) is 5.69 Å². The minimum absolute atomic E-state index is 0.0283. The van der Waals surface area contributed by atoms with Gasteiger partial charge >= 0.3 is 0 Å². The lowest BCUT2D eigenvalue weighted by atomic mass is 10.0. The van der Waals surface area contributed by atoms with Gasteiger partial charge in [0.1, 0.15) is 0 Å². The minimum atomic E-state index is -0.194. The molecule has 0 radical (unpaired) electrons. The van der Waals surface area contributed by atoms with E-state index in [9.17, 15) is 14.4 Å². The second-order valence-corrected chi connectivity index (χ2v) is 8.79. The number of carbonyl (C=O) groups is 3. The van der Waals surface area contributed by atoms with Crippen LogP contribution in [0, 0.1) is 5.92 Å². The van der Waals surface area contributed by atoms with Gasteiger partial charge in [0.2, 0.25) is 17.7 Å². The van der Waals surface area contributed by atoms with Crippen LogP contribution in [0.1, 0.15) is 37.7 Å². The fourth-order valence-electron chi connectivity index (χ4n) is 5.04. The second kappa shape index (κ2) is 7.44. The van der Waals surface area contributed by atoms with E-state index in [0.29, 0.717) is 25.9 Å². The summed E-state index contributed by atoms with van der Waals surface area (Å²) < 4.78 is 0. The molecule has 0 spiro atoms. The quantitative estimate of drug-likeness (QED) is 0.772. The van der Waals surface area contributed by atoms with Crippen LogP contribution < -0.4 is 15.5 Å². The summed E-state index contributed by atoms with van der Waals surface area (Å²) in [5.41, 5.74) is 2.27. The zero-order chi connectivity index (χ0) is 20.0. The number of nitrogens with zero attached hydrogens (tertiary/aromatic N) is 2. The molecular weight excluding hydrogens is 368 g/mol. The molecule has 7 nitrogen and oxygen atoms in total. The van der Waals surface area contributed by atoms with Gasteiger partial charge in [-0.2, -0.15) is 0 Å². The average Bonchev–Trinajstić information content (AvgIpc) is 3.35. The Morgan fingerprint density at radius 2 is 2.03 bits per heavy atom. The van der Waals surface area contributed by atoms with Gasteiger partial charge in [-0.25, -0.2) is 0 Å². The first-order valence-electron chi connectivity index (χ1n) is 10.8. The fraction of sp³-hybridized carbons (Fsp3) is 0.591. The summed E-state index contributed by atoms with van der Waals surface area (Å²) in [5, 5.41) is 6.13. The molecule has 29 heavy (non-hydrogen) atoms. The number of amides is 3. The van der Waals surface area contributed by atoms with Crippen LogP contribution in [0.15, 0.2) is 24.3 Å². The van der Waals surface area contributed by atoms with E-state index >= 15 is 0 Å². The third-order valence-corrected chi connectivity index (χ3v) is 6.80. The highest BCUT2D eigenvalue weighted by Gasteiger charge is 2.44. The molecule has 0 aromatic heterocycles. The Hall–Kier alpha value is -2.41. The Labute approximate surface area is 170 Å². The largest absolute Gasteiger partial charge is 0.353 e. The zero-order valence-electron chi connectivity index (χ0n) is 16.6. The molecule has 1 saturated carbocycles. The Balaban J connectivity index is 1.19. The summed E-state index contributed by atoms with van der Waals surface area (Å²) in [6.45, 7) is 2.02. The van der Waals surface area contributed by atoms with Gasteiger partial charge in [0, 0.05) is 49.7 Å². The molecule has 3 atom stereocenters. The summed E-state index contributed by atoms with van der Waals surface area (Å²) >= 11 is 0. The van der Waals surface area contributed by atoms with E-state index in [1.165, 1.54) is 5.56 Å². The molecule has 1 aliphatic carbocycles. The van der Waals surface area contributed by atoms with Gasteiger partial charge in [-0.05, 0) is 43.7 Å². The molecular formula is C22H28N4O3. The van der Waals surface area contributed by atoms with Crippen molar-refractivity contribution in [3.8, 4) is 0 Å². The van der Waals surface area contributed by atoms with E-state index in [2.05, 4.69) is 21.6 Å². The summed E-state index contributed by atoms with van der Waals surface area (Å²) in [6, 6.07) is 8.08. The van der Waals surface area contributed by atoms with Crippen LogP contribution in [0.5, 0.6) is 0 Å². The van der Waals surface area contributed by atoms with Gasteiger partial charge in [-0.15, -0.1) is 0 Å². The first-order chi connectivity index (χ1) is 14.1. The monoisotopic (exact) mass is 396 g/mol. The summed E-state index contributed by atoms with van der Waals surface area (Å²) in [6.07, 6.45) is 4.73. The van der Waals surface area contributed by atoms with Crippen LogP contribution >= 0.6 is 0 Å². The molecule has 2 saturated heterocycles. The average molecular weight is 396 g/mol. The number of nitrogens with one attached hydrogen (secondary N) is 2. The number of hydrogen-bond donors (Lipinski definition) is 2. The third kappa shape index (κ3) is 3.64. The predicted molar refractivity (Wildman–Crippen MR) is 108 cm³/mol. The number of carbonyl (C=O) groups excluding carboxylic acids is 3. The maximum atomic E-state index is 12.9. The number of anilines is 1. The van der Waals surface area contributed by atoms with Crippen LogP contribution in [0.3, 0.4) is 0 Å².